The minimum absolute atomic E-state index is 0.0400. The summed E-state index contributed by atoms with van der Waals surface area (Å²) in [6, 6.07) is 6.59. The van der Waals surface area contributed by atoms with Crippen LogP contribution in [0.5, 0.6) is 11.5 Å². The maximum atomic E-state index is 13.8. The number of carbonyl (C=O) groups is 1. The summed E-state index contributed by atoms with van der Waals surface area (Å²) >= 11 is 11.5. The number of nitrogens with two attached hydrogens (primary N) is 1. The lowest BCUT2D eigenvalue weighted by Crippen LogP contribution is -2.03. The first-order chi connectivity index (χ1) is 9.40. The lowest BCUT2D eigenvalue weighted by molar-refractivity contribution is 0.0694. The second-order valence-electron chi connectivity index (χ2n) is 3.84. The van der Waals surface area contributed by atoms with Crippen LogP contribution in [0.1, 0.15) is 10.4 Å². The zero-order chi connectivity index (χ0) is 14.9. The number of carboxylic acid groups (broad SMARTS) is 1. The van der Waals surface area contributed by atoms with Gasteiger partial charge in [-0.2, -0.15) is 0 Å². The first kappa shape index (κ1) is 14.4. The number of benzene rings is 2. The Kier molecular flexibility index (Phi) is 4.01. The number of aromatic carboxylic acids is 1. The van der Waals surface area contributed by atoms with Crippen molar-refractivity contribution in [3.05, 3.63) is 51.8 Å². The number of nitrogen functional groups attached to an aromatic ring is 1. The summed E-state index contributed by atoms with van der Waals surface area (Å²) in [5, 5.41) is 8.92. The molecular formula is C13H8Cl2FNO3. The molecule has 104 valence electrons. The molecule has 2 aromatic rings. The second kappa shape index (κ2) is 5.56. The van der Waals surface area contributed by atoms with Crippen molar-refractivity contribution in [1.82, 2.24) is 0 Å². The molecule has 0 fully saturated rings. The van der Waals surface area contributed by atoms with Crippen LogP contribution in [0.25, 0.3) is 0 Å². The third kappa shape index (κ3) is 2.79. The van der Waals surface area contributed by atoms with E-state index < -0.39 is 11.8 Å². The molecule has 20 heavy (non-hydrogen) atoms. The minimum atomic E-state index is -1.29. The molecule has 0 aromatic heterocycles. The smallest absolute Gasteiger partial charge is 0.339 e. The van der Waals surface area contributed by atoms with Crippen LogP contribution in [0.4, 0.5) is 10.1 Å². The number of halogens is 3. The number of anilines is 1. The summed E-state index contributed by atoms with van der Waals surface area (Å²) in [6.07, 6.45) is 0. The van der Waals surface area contributed by atoms with E-state index in [4.69, 9.17) is 38.8 Å². The van der Waals surface area contributed by atoms with Gasteiger partial charge in [-0.1, -0.05) is 29.3 Å². The Balaban J connectivity index is 2.53. The fourth-order valence-electron chi connectivity index (χ4n) is 1.55. The van der Waals surface area contributed by atoms with E-state index in [2.05, 4.69) is 0 Å². The van der Waals surface area contributed by atoms with Gasteiger partial charge in [-0.15, -0.1) is 0 Å². The van der Waals surface area contributed by atoms with Crippen LogP contribution in [0, 0.1) is 5.82 Å². The molecule has 0 amide bonds. The Hall–Kier alpha value is -1.98. The molecule has 0 unspecified atom stereocenters. The van der Waals surface area contributed by atoms with Gasteiger partial charge in [-0.25, -0.2) is 9.18 Å². The third-order valence-corrected chi connectivity index (χ3v) is 3.00. The Labute approximate surface area is 123 Å². The van der Waals surface area contributed by atoms with Crippen LogP contribution >= 0.6 is 23.2 Å². The minimum Gasteiger partial charge on any atom is -0.478 e. The Morgan fingerprint density at radius 3 is 2.60 bits per heavy atom. The molecule has 0 atom stereocenters. The molecule has 0 bridgehead atoms. The van der Waals surface area contributed by atoms with Gasteiger partial charge in [0.2, 0.25) is 0 Å². The highest BCUT2D eigenvalue weighted by Crippen LogP contribution is 2.37. The van der Waals surface area contributed by atoms with Crippen molar-refractivity contribution >= 4 is 34.9 Å². The van der Waals surface area contributed by atoms with E-state index in [0.717, 1.165) is 0 Å². The Morgan fingerprint density at radius 2 is 1.95 bits per heavy atom. The van der Waals surface area contributed by atoms with Gasteiger partial charge in [0.15, 0.2) is 17.3 Å². The van der Waals surface area contributed by atoms with E-state index >= 15 is 0 Å². The van der Waals surface area contributed by atoms with E-state index in [0.29, 0.717) is 0 Å². The van der Waals surface area contributed by atoms with Crippen molar-refractivity contribution in [3.63, 3.8) is 0 Å². The summed E-state index contributed by atoms with van der Waals surface area (Å²) in [7, 11) is 0. The molecule has 4 nitrogen and oxygen atoms in total. The summed E-state index contributed by atoms with van der Waals surface area (Å²) in [5.74, 6) is -2.53. The number of ether oxygens (including phenoxy) is 1. The van der Waals surface area contributed by atoms with Crippen molar-refractivity contribution in [2.24, 2.45) is 0 Å². The molecule has 0 aliphatic rings. The van der Waals surface area contributed by atoms with E-state index in [-0.39, 0.29) is 32.8 Å². The van der Waals surface area contributed by atoms with Crippen molar-refractivity contribution in [1.29, 1.82) is 0 Å². The Bertz CT molecular complexity index is 692. The van der Waals surface area contributed by atoms with Gasteiger partial charge >= 0.3 is 5.97 Å². The molecule has 0 aliphatic heterocycles. The van der Waals surface area contributed by atoms with Crippen LogP contribution < -0.4 is 10.5 Å². The molecule has 3 N–H and O–H groups in total. The monoisotopic (exact) mass is 315 g/mol. The predicted octanol–water partition coefficient (Wildman–Crippen LogP) is 4.21. The van der Waals surface area contributed by atoms with Gasteiger partial charge in [0, 0.05) is 5.69 Å². The number of carboxylic acids is 1. The summed E-state index contributed by atoms with van der Waals surface area (Å²) in [5.41, 5.74) is 5.40. The average molecular weight is 316 g/mol. The topological polar surface area (TPSA) is 72.5 Å². The molecule has 7 heteroatoms. The zero-order valence-corrected chi connectivity index (χ0v) is 11.4. The molecule has 2 rings (SSSR count). The van der Waals surface area contributed by atoms with Crippen LogP contribution in [-0.4, -0.2) is 11.1 Å². The van der Waals surface area contributed by atoms with Gasteiger partial charge in [0.05, 0.1) is 10.0 Å². The van der Waals surface area contributed by atoms with E-state index in [1.165, 1.54) is 30.3 Å². The number of hydrogen-bond donors (Lipinski definition) is 2. The molecule has 0 heterocycles. The summed E-state index contributed by atoms with van der Waals surface area (Å²) < 4.78 is 19.0. The highest BCUT2D eigenvalue weighted by molar-refractivity contribution is 6.33. The van der Waals surface area contributed by atoms with Crippen molar-refractivity contribution in [2.75, 3.05) is 5.73 Å². The average Bonchev–Trinajstić information content (AvgIpc) is 2.37. The maximum absolute atomic E-state index is 13.8. The molecule has 0 spiro atoms. The van der Waals surface area contributed by atoms with Crippen LogP contribution in [0.2, 0.25) is 10.0 Å². The first-order valence-electron chi connectivity index (χ1n) is 5.34. The SMILES string of the molecule is Nc1cc(Cl)c(Oc2cccc(Cl)c2F)c(C(=O)O)c1. The number of hydrogen-bond acceptors (Lipinski definition) is 3. The lowest BCUT2D eigenvalue weighted by Gasteiger charge is -2.12. The summed E-state index contributed by atoms with van der Waals surface area (Å²) in [6.45, 7) is 0. The first-order valence-corrected chi connectivity index (χ1v) is 6.10. The highest BCUT2D eigenvalue weighted by Gasteiger charge is 2.19. The normalized spacial score (nSPS) is 10.3. The zero-order valence-electron chi connectivity index (χ0n) is 9.86. The van der Waals surface area contributed by atoms with Gasteiger partial charge in [-0.3, -0.25) is 0 Å². The van der Waals surface area contributed by atoms with Crippen molar-refractivity contribution in [3.8, 4) is 11.5 Å². The van der Waals surface area contributed by atoms with Crippen LogP contribution in [-0.2, 0) is 0 Å². The molecular weight excluding hydrogens is 308 g/mol. The number of rotatable bonds is 3. The maximum Gasteiger partial charge on any atom is 0.339 e. The highest BCUT2D eigenvalue weighted by atomic mass is 35.5. The van der Waals surface area contributed by atoms with Crippen molar-refractivity contribution in [2.45, 2.75) is 0 Å². The molecule has 0 saturated heterocycles. The van der Waals surface area contributed by atoms with Gasteiger partial charge in [-0.05, 0) is 24.3 Å². The largest absolute Gasteiger partial charge is 0.478 e. The quantitative estimate of drug-likeness (QED) is 0.832. The van der Waals surface area contributed by atoms with Gasteiger partial charge in [0.25, 0.3) is 0 Å². The second-order valence-corrected chi connectivity index (χ2v) is 4.65. The fourth-order valence-corrected chi connectivity index (χ4v) is 1.98. The summed E-state index contributed by atoms with van der Waals surface area (Å²) in [4.78, 5) is 11.2. The van der Waals surface area contributed by atoms with Crippen LogP contribution in [0.15, 0.2) is 30.3 Å². The van der Waals surface area contributed by atoms with E-state index in [1.807, 2.05) is 0 Å². The fraction of sp³-hybridized carbons (Fsp3) is 0. The third-order valence-electron chi connectivity index (χ3n) is 2.42. The van der Waals surface area contributed by atoms with Crippen LogP contribution in [0.3, 0.4) is 0 Å². The van der Waals surface area contributed by atoms with Gasteiger partial charge < -0.3 is 15.6 Å². The Morgan fingerprint density at radius 1 is 1.25 bits per heavy atom. The predicted molar refractivity (Wildman–Crippen MR) is 74.3 cm³/mol. The molecule has 0 saturated carbocycles. The molecule has 0 radical (unpaired) electrons. The molecule has 0 aliphatic carbocycles. The van der Waals surface area contributed by atoms with E-state index in [1.54, 1.807) is 0 Å². The molecule has 2 aromatic carbocycles. The van der Waals surface area contributed by atoms with E-state index in [9.17, 15) is 9.18 Å². The van der Waals surface area contributed by atoms with Crippen molar-refractivity contribution < 1.29 is 19.0 Å². The van der Waals surface area contributed by atoms with Gasteiger partial charge in [0.1, 0.15) is 5.56 Å². The standard InChI is InChI=1S/C13H8Cl2FNO3/c14-8-2-1-3-10(11(8)16)20-12-7(13(18)19)4-6(17)5-9(12)15/h1-5H,17H2,(H,18,19). The lowest BCUT2D eigenvalue weighted by atomic mass is 10.1.